The molecule has 1 heterocycles. The summed E-state index contributed by atoms with van der Waals surface area (Å²) >= 11 is 0. The van der Waals surface area contributed by atoms with E-state index >= 15 is 0 Å². The number of hydrogen-bond acceptors (Lipinski definition) is 2. The number of rotatable bonds is 3. The van der Waals surface area contributed by atoms with Crippen molar-refractivity contribution in [2.24, 2.45) is 5.41 Å². The number of carbonyl (C=O) groups excluding carboxylic acids is 1. The summed E-state index contributed by atoms with van der Waals surface area (Å²) in [6.07, 6.45) is 6.72. The van der Waals surface area contributed by atoms with Crippen molar-refractivity contribution in [1.29, 1.82) is 0 Å². The minimum absolute atomic E-state index is 0.0311. The van der Waals surface area contributed by atoms with Gasteiger partial charge in [-0.15, -0.1) is 0 Å². The summed E-state index contributed by atoms with van der Waals surface area (Å²) in [5.41, 5.74) is 2.76. The normalized spacial score (nSPS) is 24.9. The first-order chi connectivity index (χ1) is 10.3. The fourth-order valence-corrected chi connectivity index (χ4v) is 3.52. The van der Waals surface area contributed by atoms with Crippen molar-refractivity contribution in [3.8, 4) is 0 Å². The van der Waals surface area contributed by atoms with Gasteiger partial charge in [0.15, 0.2) is 0 Å². The molecule has 0 aromatic carbocycles. The van der Waals surface area contributed by atoms with Crippen molar-refractivity contribution in [3.63, 3.8) is 0 Å². The Morgan fingerprint density at radius 2 is 2.14 bits per heavy atom. The van der Waals surface area contributed by atoms with Gasteiger partial charge in [0.25, 0.3) is 0 Å². The zero-order valence-corrected chi connectivity index (χ0v) is 13.7. The van der Waals surface area contributed by atoms with Crippen molar-refractivity contribution >= 4 is 12.0 Å². The van der Waals surface area contributed by atoms with Gasteiger partial charge >= 0.3 is 6.09 Å². The summed E-state index contributed by atoms with van der Waals surface area (Å²) in [6, 6.07) is -0.151. The first-order valence-corrected chi connectivity index (χ1v) is 7.96. The van der Waals surface area contributed by atoms with Gasteiger partial charge in [-0.25, -0.2) is 4.79 Å². The van der Waals surface area contributed by atoms with E-state index in [-0.39, 0.29) is 17.4 Å². The molecule has 0 spiro atoms. The second-order valence-corrected chi connectivity index (χ2v) is 6.98. The maximum Gasteiger partial charge on any atom is 0.404 e. The number of nitrogens with zero attached hydrogens (tertiary/aromatic N) is 1. The molecule has 122 valence electrons. The summed E-state index contributed by atoms with van der Waals surface area (Å²) in [6.45, 7) is 7.66. The molecule has 2 N–H and O–H groups in total. The summed E-state index contributed by atoms with van der Waals surface area (Å²) in [4.78, 5) is 24.6. The van der Waals surface area contributed by atoms with Crippen LogP contribution in [0.2, 0.25) is 0 Å². The molecule has 1 aliphatic heterocycles. The fraction of sp³-hybridized carbons (Fsp3) is 0.647. The van der Waals surface area contributed by atoms with Gasteiger partial charge in [-0.1, -0.05) is 25.5 Å². The first-order valence-electron chi connectivity index (χ1n) is 7.96. The Morgan fingerprint density at radius 3 is 2.77 bits per heavy atom. The van der Waals surface area contributed by atoms with Crippen molar-refractivity contribution in [2.45, 2.75) is 52.5 Å². The number of carboxylic acid groups (broad SMARTS) is 1. The lowest BCUT2D eigenvalue weighted by Gasteiger charge is -2.33. The topological polar surface area (TPSA) is 69.6 Å². The molecule has 0 aromatic heterocycles. The van der Waals surface area contributed by atoms with E-state index in [4.69, 9.17) is 5.11 Å². The zero-order valence-electron chi connectivity index (χ0n) is 13.7. The molecule has 2 aliphatic rings. The van der Waals surface area contributed by atoms with Crippen LogP contribution < -0.4 is 5.32 Å². The van der Waals surface area contributed by atoms with Gasteiger partial charge in [-0.2, -0.15) is 0 Å². The smallest absolute Gasteiger partial charge is 0.404 e. The van der Waals surface area contributed by atoms with Crippen molar-refractivity contribution in [2.75, 3.05) is 13.1 Å². The number of carbonyl (C=O) groups is 2. The van der Waals surface area contributed by atoms with Crippen LogP contribution in [-0.4, -0.2) is 41.1 Å². The largest absolute Gasteiger partial charge is 0.465 e. The molecular weight excluding hydrogens is 280 g/mol. The molecule has 0 aromatic rings. The summed E-state index contributed by atoms with van der Waals surface area (Å²) in [7, 11) is 0. The van der Waals surface area contributed by atoms with Crippen LogP contribution >= 0.6 is 0 Å². The fourth-order valence-electron chi connectivity index (χ4n) is 3.52. The third kappa shape index (κ3) is 3.90. The van der Waals surface area contributed by atoms with Crippen molar-refractivity contribution in [1.82, 2.24) is 10.2 Å². The molecular formula is C17H26N2O3. The Labute approximate surface area is 132 Å². The van der Waals surface area contributed by atoms with Crippen LogP contribution in [0.15, 0.2) is 23.3 Å². The second kappa shape index (κ2) is 6.55. The molecule has 0 radical (unpaired) electrons. The number of hydrogen-bond donors (Lipinski definition) is 2. The highest BCUT2D eigenvalue weighted by atomic mass is 16.4. The average molecular weight is 306 g/mol. The first kappa shape index (κ1) is 16.6. The van der Waals surface area contributed by atoms with E-state index in [9.17, 15) is 9.59 Å². The van der Waals surface area contributed by atoms with Gasteiger partial charge in [-0.3, -0.25) is 4.79 Å². The lowest BCUT2D eigenvalue weighted by atomic mass is 9.72. The van der Waals surface area contributed by atoms with Crippen LogP contribution in [0.3, 0.4) is 0 Å². The summed E-state index contributed by atoms with van der Waals surface area (Å²) < 4.78 is 0. The Bertz CT molecular complexity index is 520. The Morgan fingerprint density at radius 1 is 1.41 bits per heavy atom. The number of allylic oxidation sites excluding steroid dienone is 3. The molecule has 5 heteroatoms. The molecule has 2 amide bonds. The van der Waals surface area contributed by atoms with E-state index in [1.165, 1.54) is 17.6 Å². The SMILES string of the molecule is CC1=C(C=CC(=O)N2CC[C@H](NC(=O)O)C2)C(C)(C)CCC1. The van der Waals surface area contributed by atoms with E-state index in [1.807, 2.05) is 6.08 Å². The predicted octanol–water partition coefficient (Wildman–Crippen LogP) is 2.94. The molecule has 5 nitrogen and oxygen atoms in total. The standard InChI is InChI=1S/C17H26N2O3/c1-12-5-4-9-17(2,3)14(12)6-7-15(20)19-10-8-13(11-19)18-16(21)22/h6-7,13,18H,4-5,8-11H2,1-3H3,(H,21,22)/t13-/m0/s1. The highest BCUT2D eigenvalue weighted by Gasteiger charge is 2.28. The minimum atomic E-state index is -1.03. The van der Waals surface area contributed by atoms with E-state index in [0.29, 0.717) is 19.5 Å². The summed E-state index contributed by atoms with van der Waals surface area (Å²) in [5.74, 6) is -0.0311. The third-order valence-electron chi connectivity index (χ3n) is 4.76. The van der Waals surface area contributed by atoms with E-state index in [1.54, 1.807) is 11.0 Å². The minimum Gasteiger partial charge on any atom is -0.465 e. The lowest BCUT2D eigenvalue weighted by molar-refractivity contribution is -0.125. The van der Waals surface area contributed by atoms with Gasteiger partial charge < -0.3 is 15.3 Å². The van der Waals surface area contributed by atoms with Gasteiger partial charge in [-0.05, 0) is 43.6 Å². The van der Waals surface area contributed by atoms with Gasteiger partial charge in [0, 0.05) is 19.2 Å². The van der Waals surface area contributed by atoms with Crippen molar-refractivity contribution < 1.29 is 14.7 Å². The zero-order chi connectivity index (χ0) is 16.3. The lowest BCUT2D eigenvalue weighted by Crippen LogP contribution is -2.37. The molecule has 0 saturated carbocycles. The van der Waals surface area contributed by atoms with Crippen molar-refractivity contribution in [3.05, 3.63) is 23.3 Å². The molecule has 1 atom stereocenters. The predicted molar refractivity (Wildman–Crippen MR) is 85.6 cm³/mol. The van der Waals surface area contributed by atoms with Crippen LogP contribution in [0.1, 0.15) is 46.5 Å². The Kier molecular flexibility index (Phi) is 4.94. The molecule has 1 saturated heterocycles. The molecule has 0 unspecified atom stereocenters. The number of amides is 2. The molecule has 22 heavy (non-hydrogen) atoms. The van der Waals surface area contributed by atoms with Gasteiger partial charge in [0.05, 0.1) is 6.04 Å². The third-order valence-corrected chi connectivity index (χ3v) is 4.76. The summed E-state index contributed by atoms with van der Waals surface area (Å²) in [5, 5.41) is 11.2. The highest BCUT2D eigenvalue weighted by Crippen LogP contribution is 2.40. The highest BCUT2D eigenvalue weighted by molar-refractivity contribution is 5.88. The van der Waals surface area contributed by atoms with E-state index in [2.05, 4.69) is 26.1 Å². The molecule has 0 bridgehead atoms. The quantitative estimate of drug-likeness (QED) is 0.788. The maximum atomic E-state index is 12.3. The van der Waals surface area contributed by atoms with Gasteiger partial charge in [0.2, 0.25) is 5.91 Å². The number of nitrogens with one attached hydrogen (secondary N) is 1. The van der Waals surface area contributed by atoms with Crippen LogP contribution in [-0.2, 0) is 4.79 Å². The molecule has 2 rings (SSSR count). The number of likely N-dealkylation sites (tertiary alicyclic amines) is 1. The van der Waals surface area contributed by atoms with Crippen LogP contribution in [0, 0.1) is 5.41 Å². The molecule has 1 fully saturated rings. The van der Waals surface area contributed by atoms with Crippen LogP contribution in [0.4, 0.5) is 4.79 Å². The Balaban J connectivity index is 1.99. The average Bonchev–Trinajstić information content (AvgIpc) is 2.84. The molecule has 1 aliphatic carbocycles. The maximum absolute atomic E-state index is 12.3. The van der Waals surface area contributed by atoms with E-state index < -0.39 is 6.09 Å². The van der Waals surface area contributed by atoms with Gasteiger partial charge in [0.1, 0.15) is 0 Å². The monoisotopic (exact) mass is 306 g/mol. The second-order valence-electron chi connectivity index (χ2n) is 6.98. The van der Waals surface area contributed by atoms with E-state index in [0.717, 1.165) is 12.8 Å². The van der Waals surface area contributed by atoms with Crippen LogP contribution in [0.25, 0.3) is 0 Å². The Hall–Kier alpha value is -1.78. The van der Waals surface area contributed by atoms with Crippen LogP contribution in [0.5, 0.6) is 0 Å².